The summed E-state index contributed by atoms with van der Waals surface area (Å²) in [6, 6.07) is 10.4. The molecule has 0 aliphatic carbocycles. The lowest BCUT2D eigenvalue weighted by molar-refractivity contribution is -0.535. The van der Waals surface area contributed by atoms with Crippen LogP contribution in [0.15, 0.2) is 30.3 Å². The van der Waals surface area contributed by atoms with E-state index in [-0.39, 0.29) is 21.2 Å². The Bertz CT molecular complexity index is 390. The van der Waals surface area contributed by atoms with Gasteiger partial charge < -0.3 is 14.2 Å². The summed E-state index contributed by atoms with van der Waals surface area (Å²) in [5, 5.41) is 0. The maximum absolute atomic E-state index is 5.40. The van der Waals surface area contributed by atoms with Crippen molar-refractivity contribution in [2.24, 2.45) is 0 Å². The van der Waals surface area contributed by atoms with E-state index in [4.69, 9.17) is 14.2 Å². The minimum absolute atomic E-state index is 0.186. The summed E-state index contributed by atoms with van der Waals surface area (Å²) >= 11 is -0.186. The van der Waals surface area contributed by atoms with Crippen molar-refractivity contribution in [2.75, 3.05) is 19.8 Å². The van der Waals surface area contributed by atoms with Gasteiger partial charge in [0.25, 0.3) is 6.48 Å². The average molecular weight is 359 g/mol. The fraction of sp³-hybridized carbons (Fsp3) is 0.429. The first kappa shape index (κ1) is 13.8. The number of hydrogen-bond donors (Lipinski definition) is 0. The van der Waals surface area contributed by atoms with Gasteiger partial charge in [0.1, 0.15) is 0 Å². The molecule has 1 fully saturated rings. The van der Waals surface area contributed by atoms with E-state index in [9.17, 15) is 0 Å². The third-order valence-corrected chi connectivity index (χ3v) is 4.23. The molecule has 2 rings (SSSR count). The molecule has 0 N–H and O–H groups in total. The normalized spacial score (nSPS) is 16.0. The molecule has 1 heterocycles. The zero-order valence-corrected chi connectivity index (χ0v) is 12.3. The highest BCUT2D eigenvalue weighted by Gasteiger charge is 2.13. The molecule has 1 aliphatic heterocycles. The SMILES string of the molecule is C(#C[I+]c1ccccc1)CCOC1OCCCO1. The van der Waals surface area contributed by atoms with Crippen LogP contribution < -0.4 is 21.2 Å². The Morgan fingerprint density at radius 2 is 2.00 bits per heavy atom. The molecule has 0 spiro atoms. The zero-order valence-electron chi connectivity index (χ0n) is 10.1. The van der Waals surface area contributed by atoms with Crippen LogP contribution in [0, 0.1) is 13.4 Å². The number of hydrogen-bond acceptors (Lipinski definition) is 3. The van der Waals surface area contributed by atoms with E-state index in [1.54, 1.807) is 0 Å². The highest BCUT2D eigenvalue weighted by atomic mass is 127. The lowest BCUT2D eigenvalue weighted by Gasteiger charge is -2.22. The van der Waals surface area contributed by atoms with Crippen LogP contribution in [-0.4, -0.2) is 26.3 Å². The Kier molecular flexibility index (Phi) is 6.51. The summed E-state index contributed by atoms with van der Waals surface area (Å²) in [6.45, 7) is 1.52. The van der Waals surface area contributed by atoms with Crippen molar-refractivity contribution >= 4 is 0 Å². The summed E-state index contributed by atoms with van der Waals surface area (Å²) in [4.78, 5) is 0. The van der Waals surface area contributed by atoms with Gasteiger partial charge in [-0.3, -0.25) is 0 Å². The molecule has 1 saturated heterocycles. The second-order valence-corrected chi connectivity index (χ2v) is 5.99. The fourth-order valence-electron chi connectivity index (χ4n) is 1.38. The van der Waals surface area contributed by atoms with Gasteiger partial charge in [-0.25, -0.2) is 0 Å². The summed E-state index contributed by atoms with van der Waals surface area (Å²) in [7, 11) is 0. The molecule has 4 heteroatoms. The van der Waals surface area contributed by atoms with Crippen LogP contribution in [0.1, 0.15) is 12.8 Å². The van der Waals surface area contributed by atoms with Gasteiger partial charge in [-0.2, -0.15) is 0 Å². The van der Waals surface area contributed by atoms with Gasteiger partial charge >= 0.3 is 21.2 Å². The molecule has 3 nitrogen and oxygen atoms in total. The summed E-state index contributed by atoms with van der Waals surface area (Å²) in [6.07, 6.45) is 1.68. The first-order valence-electron chi connectivity index (χ1n) is 5.97. The lowest BCUT2D eigenvalue weighted by atomic mass is 10.4. The standard InChI is InChI=1S/C14H16IO3/c1-2-7-13(8-3-1)15-9-4-5-10-16-14-17-11-6-12-18-14/h1-3,7-8,14H,5-6,10-12H2/q+1. The smallest absolute Gasteiger partial charge is 0.330 e. The quantitative estimate of drug-likeness (QED) is 0.394. The summed E-state index contributed by atoms with van der Waals surface area (Å²) in [5.74, 6) is 3.14. The molecule has 1 aromatic rings. The molecule has 0 unspecified atom stereocenters. The van der Waals surface area contributed by atoms with Crippen LogP contribution in [0.4, 0.5) is 0 Å². The van der Waals surface area contributed by atoms with Crippen LogP contribution in [-0.2, 0) is 14.2 Å². The van der Waals surface area contributed by atoms with Crippen molar-refractivity contribution in [1.29, 1.82) is 0 Å². The van der Waals surface area contributed by atoms with Crippen LogP contribution in [0.5, 0.6) is 0 Å². The molecule has 1 aromatic carbocycles. The summed E-state index contributed by atoms with van der Waals surface area (Å²) < 4.78 is 20.5. The molecule has 18 heavy (non-hydrogen) atoms. The van der Waals surface area contributed by atoms with Crippen molar-refractivity contribution in [1.82, 2.24) is 0 Å². The third-order valence-electron chi connectivity index (χ3n) is 2.23. The molecule has 0 atom stereocenters. The van der Waals surface area contributed by atoms with Crippen molar-refractivity contribution in [2.45, 2.75) is 19.3 Å². The molecule has 0 amide bonds. The molecule has 0 aromatic heterocycles. The Hall–Kier alpha value is -0.610. The van der Waals surface area contributed by atoms with Crippen LogP contribution in [0.2, 0.25) is 0 Å². The van der Waals surface area contributed by atoms with Crippen molar-refractivity contribution < 1.29 is 35.4 Å². The van der Waals surface area contributed by atoms with Crippen LogP contribution in [0.3, 0.4) is 0 Å². The second kappa shape index (κ2) is 8.48. The lowest BCUT2D eigenvalue weighted by Crippen LogP contribution is -3.59. The monoisotopic (exact) mass is 359 g/mol. The minimum Gasteiger partial charge on any atom is -0.330 e. The minimum atomic E-state index is -0.482. The van der Waals surface area contributed by atoms with Gasteiger partial charge in [-0.05, 0) is 24.5 Å². The molecule has 0 bridgehead atoms. The molecular formula is C14H16IO3+. The Morgan fingerprint density at radius 1 is 1.22 bits per heavy atom. The predicted octanol–water partition coefficient (Wildman–Crippen LogP) is -0.967. The summed E-state index contributed by atoms with van der Waals surface area (Å²) in [5.41, 5.74) is 0. The van der Waals surface area contributed by atoms with Gasteiger partial charge in [0.05, 0.1) is 19.8 Å². The Balaban J connectivity index is 1.58. The number of rotatable bonds is 4. The highest BCUT2D eigenvalue weighted by molar-refractivity contribution is 5.00. The number of benzene rings is 1. The van der Waals surface area contributed by atoms with E-state index in [1.807, 2.05) is 6.07 Å². The molecule has 1 aliphatic rings. The maximum atomic E-state index is 5.40. The zero-order chi connectivity index (χ0) is 12.5. The molecule has 0 radical (unpaired) electrons. The van der Waals surface area contributed by atoms with Gasteiger partial charge in [0, 0.05) is 6.42 Å². The van der Waals surface area contributed by atoms with Crippen molar-refractivity contribution in [3.8, 4) is 9.85 Å². The van der Waals surface area contributed by atoms with E-state index in [0.29, 0.717) is 6.61 Å². The van der Waals surface area contributed by atoms with Crippen LogP contribution >= 0.6 is 0 Å². The molecule has 0 saturated carbocycles. The topological polar surface area (TPSA) is 27.7 Å². The van der Waals surface area contributed by atoms with E-state index in [0.717, 1.165) is 26.1 Å². The van der Waals surface area contributed by atoms with E-state index >= 15 is 0 Å². The number of halogens is 1. The van der Waals surface area contributed by atoms with Gasteiger partial charge in [-0.1, -0.05) is 18.2 Å². The van der Waals surface area contributed by atoms with E-state index < -0.39 is 6.48 Å². The molecular weight excluding hydrogens is 343 g/mol. The number of ether oxygens (including phenoxy) is 3. The Morgan fingerprint density at radius 3 is 2.78 bits per heavy atom. The van der Waals surface area contributed by atoms with Crippen LogP contribution in [0.25, 0.3) is 0 Å². The average Bonchev–Trinajstić information content (AvgIpc) is 2.45. The fourth-order valence-corrected chi connectivity index (χ4v) is 2.93. The van der Waals surface area contributed by atoms with E-state index in [2.05, 4.69) is 34.1 Å². The third kappa shape index (κ3) is 5.36. The largest absolute Gasteiger partial charge is 0.419 e. The van der Waals surface area contributed by atoms with Crippen molar-refractivity contribution in [3.05, 3.63) is 33.9 Å². The molecule has 96 valence electrons. The first-order chi connectivity index (χ1) is 8.95. The van der Waals surface area contributed by atoms with Gasteiger partial charge in [0.2, 0.25) is 3.57 Å². The van der Waals surface area contributed by atoms with Gasteiger partial charge in [0.15, 0.2) is 3.93 Å². The highest BCUT2D eigenvalue weighted by Crippen LogP contribution is 2.05. The first-order valence-corrected chi connectivity index (χ1v) is 8.12. The van der Waals surface area contributed by atoms with Gasteiger partial charge in [-0.15, -0.1) is 0 Å². The Labute approximate surface area is 118 Å². The second-order valence-electron chi connectivity index (χ2n) is 3.67. The predicted molar refractivity (Wildman–Crippen MR) is 63.8 cm³/mol. The maximum Gasteiger partial charge on any atom is 0.419 e. The van der Waals surface area contributed by atoms with E-state index in [1.165, 1.54) is 3.57 Å². The van der Waals surface area contributed by atoms with Crippen molar-refractivity contribution in [3.63, 3.8) is 0 Å².